The molecule has 1 aromatic rings. The predicted molar refractivity (Wildman–Crippen MR) is 83.6 cm³/mol. The van der Waals surface area contributed by atoms with Gasteiger partial charge in [-0.1, -0.05) is 32.0 Å². The second-order valence-corrected chi connectivity index (χ2v) is 6.12. The number of anilines is 1. The highest BCUT2D eigenvalue weighted by molar-refractivity contribution is 5.95. The molecule has 0 unspecified atom stereocenters. The molecule has 0 saturated heterocycles. The molecule has 20 heavy (non-hydrogen) atoms. The van der Waals surface area contributed by atoms with Crippen molar-refractivity contribution < 1.29 is 4.79 Å². The van der Waals surface area contributed by atoms with E-state index in [9.17, 15) is 4.79 Å². The van der Waals surface area contributed by atoms with E-state index in [0.29, 0.717) is 6.04 Å². The highest BCUT2D eigenvalue weighted by atomic mass is 16.2. The maximum absolute atomic E-state index is 12.2. The van der Waals surface area contributed by atoms with Gasteiger partial charge in [-0.15, -0.1) is 0 Å². The zero-order chi connectivity index (χ0) is 14.5. The molecule has 0 spiro atoms. The van der Waals surface area contributed by atoms with Crippen molar-refractivity contribution in [1.82, 2.24) is 0 Å². The first-order valence-electron chi connectivity index (χ1n) is 7.70. The first kappa shape index (κ1) is 15.0. The summed E-state index contributed by atoms with van der Waals surface area (Å²) in [4.78, 5) is 14.2. The largest absolute Gasteiger partial charge is 0.322 e. The number of nitrogens with zero attached hydrogens (tertiary/aromatic N) is 1. The molecule has 0 radical (unpaired) electrons. The molecular formula is C17H26N2O. The van der Waals surface area contributed by atoms with E-state index in [-0.39, 0.29) is 12.5 Å². The molecular weight excluding hydrogens is 248 g/mol. The van der Waals surface area contributed by atoms with Crippen LogP contribution in [-0.4, -0.2) is 18.5 Å². The van der Waals surface area contributed by atoms with Crippen LogP contribution in [0.3, 0.4) is 0 Å². The van der Waals surface area contributed by atoms with Gasteiger partial charge >= 0.3 is 0 Å². The van der Waals surface area contributed by atoms with Gasteiger partial charge in [0.2, 0.25) is 5.91 Å². The standard InChI is InChI=1S/C17H26N2O/c1-13(2)14-8-10-16(11-9-14)19(17(20)12-18)15-6-4-3-5-7-15/h3-7,13-14,16H,8-12,18H2,1-2H3. The summed E-state index contributed by atoms with van der Waals surface area (Å²) < 4.78 is 0. The summed E-state index contributed by atoms with van der Waals surface area (Å²) in [5, 5.41) is 0. The third-order valence-electron chi connectivity index (χ3n) is 4.53. The monoisotopic (exact) mass is 274 g/mol. The lowest BCUT2D eigenvalue weighted by Gasteiger charge is -2.38. The van der Waals surface area contributed by atoms with Crippen molar-refractivity contribution in [2.75, 3.05) is 11.4 Å². The summed E-state index contributed by atoms with van der Waals surface area (Å²) in [7, 11) is 0. The van der Waals surface area contributed by atoms with E-state index in [1.54, 1.807) is 0 Å². The maximum atomic E-state index is 12.2. The van der Waals surface area contributed by atoms with Crippen molar-refractivity contribution in [1.29, 1.82) is 0 Å². The van der Waals surface area contributed by atoms with E-state index < -0.39 is 0 Å². The third-order valence-corrected chi connectivity index (χ3v) is 4.53. The summed E-state index contributed by atoms with van der Waals surface area (Å²) in [5.41, 5.74) is 6.58. The minimum absolute atomic E-state index is 0.0317. The van der Waals surface area contributed by atoms with Gasteiger partial charge in [0.25, 0.3) is 0 Å². The molecule has 0 bridgehead atoms. The normalized spacial score (nSPS) is 22.8. The van der Waals surface area contributed by atoms with E-state index in [0.717, 1.165) is 30.4 Å². The van der Waals surface area contributed by atoms with Crippen molar-refractivity contribution in [3.8, 4) is 0 Å². The average Bonchev–Trinajstić information content (AvgIpc) is 2.49. The van der Waals surface area contributed by atoms with E-state index >= 15 is 0 Å². The Morgan fingerprint density at radius 3 is 2.30 bits per heavy atom. The van der Waals surface area contributed by atoms with Crippen LogP contribution in [-0.2, 0) is 4.79 Å². The first-order valence-corrected chi connectivity index (χ1v) is 7.70. The number of para-hydroxylation sites is 1. The van der Waals surface area contributed by atoms with Crippen molar-refractivity contribution >= 4 is 11.6 Å². The molecule has 2 rings (SSSR count). The lowest BCUT2D eigenvalue weighted by Crippen LogP contribution is -2.45. The van der Waals surface area contributed by atoms with E-state index in [4.69, 9.17) is 5.73 Å². The van der Waals surface area contributed by atoms with Crippen LogP contribution in [0.25, 0.3) is 0 Å². The Kier molecular flexibility index (Phi) is 5.18. The Labute approximate surface area is 122 Å². The molecule has 1 amide bonds. The highest BCUT2D eigenvalue weighted by Gasteiger charge is 2.30. The molecule has 1 saturated carbocycles. The van der Waals surface area contributed by atoms with Gasteiger partial charge in [0.05, 0.1) is 6.54 Å². The van der Waals surface area contributed by atoms with Crippen LogP contribution in [0.1, 0.15) is 39.5 Å². The fourth-order valence-corrected chi connectivity index (χ4v) is 3.27. The number of hydrogen-bond donors (Lipinski definition) is 1. The Morgan fingerprint density at radius 1 is 1.20 bits per heavy atom. The summed E-state index contributed by atoms with van der Waals surface area (Å²) in [6.45, 7) is 4.68. The number of rotatable bonds is 4. The maximum Gasteiger partial charge on any atom is 0.240 e. The fourth-order valence-electron chi connectivity index (χ4n) is 3.27. The Hall–Kier alpha value is -1.35. The number of carbonyl (C=O) groups is 1. The van der Waals surface area contributed by atoms with Crippen LogP contribution in [0.15, 0.2) is 30.3 Å². The first-order chi connectivity index (χ1) is 9.63. The van der Waals surface area contributed by atoms with Crippen LogP contribution in [0, 0.1) is 11.8 Å². The van der Waals surface area contributed by atoms with E-state index in [2.05, 4.69) is 13.8 Å². The van der Waals surface area contributed by atoms with Crippen molar-refractivity contribution in [3.05, 3.63) is 30.3 Å². The number of hydrogen-bond acceptors (Lipinski definition) is 2. The summed E-state index contributed by atoms with van der Waals surface area (Å²) in [5.74, 6) is 1.58. The van der Waals surface area contributed by atoms with Crippen LogP contribution >= 0.6 is 0 Å². The zero-order valence-corrected chi connectivity index (χ0v) is 12.6. The number of nitrogens with two attached hydrogens (primary N) is 1. The van der Waals surface area contributed by atoms with Crippen molar-refractivity contribution in [3.63, 3.8) is 0 Å². The Balaban J connectivity index is 2.11. The Morgan fingerprint density at radius 2 is 1.80 bits per heavy atom. The van der Waals surface area contributed by atoms with Gasteiger partial charge in [0.15, 0.2) is 0 Å². The lowest BCUT2D eigenvalue weighted by atomic mass is 9.79. The van der Waals surface area contributed by atoms with Gasteiger partial charge in [-0.2, -0.15) is 0 Å². The Bertz CT molecular complexity index is 422. The van der Waals surface area contributed by atoms with Crippen molar-refractivity contribution in [2.45, 2.75) is 45.6 Å². The molecule has 1 aliphatic carbocycles. The molecule has 3 nitrogen and oxygen atoms in total. The van der Waals surface area contributed by atoms with Crippen LogP contribution in [0.4, 0.5) is 5.69 Å². The van der Waals surface area contributed by atoms with Gasteiger partial charge in [0, 0.05) is 11.7 Å². The van der Waals surface area contributed by atoms with Gasteiger partial charge in [-0.25, -0.2) is 0 Å². The highest BCUT2D eigenvalue weighted by Crippen LogP contribution is 2.34. The van der Waals surface area contributed by atoms with Gasteiger partial charge in [0.1, 0.15) is 0 Å². The minimum Gasteiger partial charge on any atom is -0.322 e. The van der Waals surface area contributed by atoms with Gasteiger partial charge < -0.3 is 10.6 Å². The van der Waals surface area contributed by atoms with Crippen LogP contribution in [0.2, 0.25) is 0 Å². The molecule has 0 aromatic heterocycles. The molecule has 0 atom stereocenters. The number of carbonyl (C=O) groups excluding carboxylic acids is 1. The summed E-state index contributed by atoms with van der Waals surface area (Å²) in [6.07, 6.45) is 4.60. The fraction of sp³-hybridized carbons (Fsp3) is 0.588. The second-order valence-electron chi connectivity index (χ2n) is 6.12. The minimum atomic E-state index is 0.0317. The average molecular weight is 274 g/mol. The van der Waals surface area contributed by atoms with Crippen LogP contribution in [0.5, 0.6) is 0 Å². The molecule has 2 N–H and O–H groups in total. The topological polar surface area (TPSA) is 46.3 Å². The number of benzene rings is 1. The third kappa shape index (κ3) is 3.40. The molecule has 1 aliphatic rings. The lowest BCUT2D eigenvalue weighted by molar-refractivity contribution is -0.118. The second kappa shape index (κ2) is 6.89. The summed E-state index contributed by atoms with van der Waals surface area (Å²) in [6, 6.07) is 10.2. The van der Waals surface area contributed by atoms with E-state index in [1.165, 1.54) is 12.8 Å². The summed E-state index contributed by atoms with van der Waals surface area (Å²) >= 11 is 0. The molecule has 0 aliphatic heterocycles. The quantitative estimate of drug-likeness (QED) is 0.916. The zero-order valence-electron chi connectivity index (χ0n) is 12.6. The van der Waals surface area contributed by atoms with Crippen molar-refractivity contribution in [2.24, 2.45) is 17.6 Å². The molecule has 1 fully saturated rings. The SMILES string of the molecule is CC(C)C1CCC(N(C(=O)CN)c2ccccc2)CC1. The van der Waals surface area contributed by atoms with Gasteiger partial charge in [-0.3, -0.25) is 4.79 Å². The molecule has 3 heteroatoms. The smallest absolute Gasteiger partial charge is 0.240 e. The van der Waals surface area contributed by atoms with Crippen LogP contribution < -0.4 is 10.6 Å². The number of amides is 1. The predicted octanol–water partition coefficient (Wildman–Crippen LogP) is 3.19. The molecule has 0 heterocycles. The molecule has 110 valence electrons. The van der Waals surface area contributed by atoms with E-state index in [1.807, 2.05) is 35.2 Å². The molecule has 1 aromatic carbocycles. The van der Waals surface area contributed by atoms with Gasteiger partial charge in [-0.05, 0) is 49.7 Å².